The van der Waals surface area contributed by atoms with Gasteiger partial charge in [-0.1, -0.05) is 57.1 Å². The van der Waals surface area contributed by atoms with Crippen molar-refractivity contribution in [2.24, 2.45) is 11.8 Å². The molecule has 2 atom stereocenters. The molecule has 1 fully saturated rings. The van der Waals surface area contributed by atoms with Crippen molar-refractivity contribution in [1.29, 1.82) is 0 Å². The van der Waals surface area contributed by atoms with Crippen LogP contribution in [0.5, 0.6) is 0 Å². The van der Waals surface area contributed by atoms with Gasteiger partial charge in [-0.2, -0.15) is 4.31 Å². The normalized spacial score (nSPS) is 17.8. The molecule has 0 bridgehead atoms. The van der Waals surface area contributed by atoms with Crippen LogP contribution >= 0.6 is 0 Å². The van der Waals surface area contributed by atoms with Crippen molar-refractivity contribution in [2.45, 2.75) is 77.7 Å². The molecule has 0 aliphatic carbocycles. The lowest BCUT2D eigenvalue weighted by Crippen LogP contribution is -2.44. The van der Waals surface area contributed by atoms with E-state index in [-0.39, 0.29) is 28.7 Å². The number of hydrogen-bond acceptors (Lipinski definition) is 5. The van der Waals surface area contributed by atoms with Crippen LogP contribution in [-0.2, 0) is 14.8 Å². The maximum atomic E-state index is 13.1. The van der Waals surface area contributed by atoms with Gasteiger partial charge >= 0.3 is 0 Å². The maximum Gasteiger partial charge on any atom is 0.248 e. The Hall–Kier alpha value is -2.19. The fourth-order valence-electron chi connectivity index (χ4n) is 4.50. The third-order valence-electron chi connectivity index (χ3n) is 6.83. The van der Waals surface area contributed by atoms with Crippen LogP contribution in [0.4, 0.5) is 0 Å². The molecular weight excluding hydrogens is 438 g/mol. The molecule has 1 aliphatic heterocycles. The van der Waals surface area contributed by atoms with Crippen LogP contribution in [-0.4, -0.2) is 36.9 Å². The first-order chi connectivity index (χ1) is 15.6. The van der Waals surface area contributed by atoms with Crippen molar-refractivity contribution >= 4 is 15.9 Å². The summed E-state index contributed by atoms with van der Waals surface area (Å²) in [6.45, 7) is 12.5. The molecule has 0 radical (unpaired) electrons. The fraction of sp³-hybridized carbons (Fsp3) is 0.600. The Morgan fingerprint density at radius 3 is 2.18 bits per heavy atom. The molecule has 2 heterocycles. The Morgan fingerprint density at radius 1 is 1.12 bits per heavy atom. The van der Waals surface area contributed by atoms with Gasteiger partial charge in [0.05, 0.1) is 6.04 Å². The predicted octanol–water partition coefficient (Wildman–Crippen LogP) is 4.72. The van der Waals surface area contributed by atoms with Crippen LogP contribution < -0.4 is 5.32 Å². The van der Waals surface area contributed by atoms with Crippen LogP contribution in [0.2, 0.25) is 0 Å². The number of aryl methyl sites for hydroxylation is 2. The Labute approximate surface area is 198 Å². The standard InChI is InChI=1S/C25H37N3O4S/c1-7-17(4)20-8-10-21(11-9-20)23(16(2)3)26-25(29)22-12-14-28(15-13-22)33(30,31)24-18(5)27-32-19(24)6/h8-11,16-17,22-23H,7,12-15H2,1-6H3,(H,26,29)/t17-,23-/m1/s1. The molecule has 1 aromatic heterocycles. The van der Waals surface area contributed by atoms with Crippen molar-refractivity contribution in [2.75, 3.05) is 13.1 Å². The largest absolute Gasteiger partial charge is 0.360 e. The number of nitrogens with zero attached hydrogens (tertiary/aromatic N) is 2. The summed E-state index contributed by atoms with van der Waals surface area (Å²) in [4.78, 5) is 13.2. The van der Waals surface area contributed by atoms with E-state index in [9.17, 15) is 13.2 Å². The Balaban J connectivity index is 1.65. The average Bonchev–Trinajstić information content (AvgIpc) is 3.15. The highest BCUT2D eigenvalue weighted by Crippen LogP contribution is 2.29. The highest BCUT2D eigenvalue weighted by atomic mass is 32.2. The van der Waals surface area contributed by atoms with Gasteiger partial charge in [-0.3, -0.25) is 4.79 Å². The summed E-state index contributed by atoms with van der Waals surface area (Å²) in [6.07, 6.45) is 2.08. The number of rotatable bonds is 8. The summed E-state index contributed by atoms with van der Waals surface area (Å²) in [5, 5.41) is 7.01. The molecule has 1 aliphatic rings. The minimum atomic E-state index is -3.68. The molecule has 0 unspecified atom stereocenters. The van der Waals surface area contributed by atoms with Crippen LogP contribution in [0.1, 0.15) is 81.5 Å². The van der Waals surface area contributed by atoms with Crippen LogP contribution in [0.15, 0.2) is 33.7 Å². The van der Waals surface area contributed by atoms with E-state index in [2.05, 4.69) is 62.4 Å². The van der Waals surface area contributed by atoms with Gasteiger partial charge < -0.3 is 9.84 Å². The van der Waals surface area contributed by atoms with Gasteiger partial charge in [-0.15, -0.1) is 0 Å². The van der Waals surface area contributed by atoms with E-state index in [1.807, 2.05) is 0 Å². The summed E-state index contributed by atoms with van der Waals surface area (Å²) in [6, 6.07) is 8.47. The van der Waals surface area contributed by atoms with E-state index in [4.69, 9.17) is 4.52 Å². The lowest BCUT2D eigenvalue weighted by atomic mass is 9.91. The molecule has 2 aromatic rings. The van der Waals surface area contributed by atoms with Crippen molar-refractivity contribution in [3.05, 3.63) is 46.8 Å². The predicted molar refractivity (Wildman–Crippen MR) is 128 cm³/mol. The number of aromatic nitrogens is 1. The maximum absolute atomic E-state index is 13.1. The van der Waals surface area contributed by atoms with Gasteiger partial charge in [0.1, 0.15) is 10.6 Å². The van der Waals surface area contributed by atoms with E-state index in [1.54, 1.807) is 13.8 Å². The quantitative estimate of drug-likeness (QED) is 0.596. The monoisotopic (exact) mass is 475 g/mol. The SMILES string of the molecule is CC[C@@H](C)c1ccc([C@H](NC(=O)C2CCN(S(=O)(=O)c3c(C)noc3C)CC2)C(C)C)cc1. The summed E-state index contributed by atoms with van der Waals surface area (Å²) in [7, 11) is -3.68. The summed E-state index contributed by atoms with van der Waals surface area (Å²) in [5.41, 5.74) is 2.78. The van der Waals surface area contributed by atoms with Crippen molar-refractivity contribution in [1.82, 2.24) is 14.8 Å². The molecule has 1 amide bonds. The minimum absolute atomic E-state index is 0.00547. The molecule has 182 valence electrons. The third-order valence-corrected chi connectivity index (χ3v) is 8.98. The number of hydrogen-bond donors (Lipinski definition) is 1. The van der Waals surface area contributed by atoms with E-state index >= 15 is 0 Å². The van der Waals surface area contributed by atoms with E-state index in [0.29, 0.717) is 43.3 Å². The first-order valence-electron chi connectivity index (χ1n) is 11.9. The Morgan fingerprint density at radius 2 is 1.70 bits per heavy atom. The van der Waals surface area contributed by atoms with Gasteiger partial charge in [-0.25, -0.2) is 8.42 Å². The lowest BCUT2D eigenvalue weighted by molar-refractivity contribution is -0.127. The van der Waals surface area contributed by atoms with Crippen LogP contribution in [0, 0.1) is 25.7 Å². The van der Waals surface area contributed by atoms with Crippen LogP contribution in [0.3, 0.4) is 0 Å². The number of sulfonamides is 1. The van der Waals surface area contributed by atoms with Gasteiger partial charge in [-0.05, 0) is 56.1 Å². The number of nitrogens with one attached hydrogen (secondary N) is 1. The topological polar surface area (TPSA) is 92.5 Å². The Kier molecular flexibility index (Phi) is 8.00. The molecule has 1 saturated heterocycles. The zero-order valence-electron chi connectivity index (χ0n) is 20.6. The lowest BCUT2D eigenvalue weighted by Gasteiger charge is -2.32. The van der Waals surface area contributed by atoms with Gasteiger partial charge in [0, 0.05) is 19.0 Å². The summed E-state index contributed by atoms with van der Waals surface area (Å²) in [5.74, 6) is 0.837. The second-order valence-electron chi connectivity index (χ2n) is 9.54. The number of amides is 1. The molecule has 8 heteroatoms. The second kappa shape index (κ2) is 10.4. The second-order valence-corrected chi connectivity index (χ2v) is 11.4. The minimum Gasteiger partial charge on any atom is -0.360 e. The first-order valence-corrected chi connectivity index (χ1v) is 13.3. The van der Waals surface area contributed by atoms with Gasteiger partial charge in [0.2, 0.25) is 15.9 Å². The summed E-state index contributed by atoms with van der Waals surface area (Å²) < 4.78 is 32.6. The number of carbonyl (C=O) groups is 1. The van der Waals surface area contributed by atoms with E-state index in [0.717, 1.165) is 12.0 Å². The number of benzene rings is 1. The molecule has 33 heavy (non-hydrogen) atoms. The summed E-state index contributed by atoms with van der Waals surface area (Å²) >= 11 is 0. The molecule has 3 rings (SSSR count). The highest BCUT2D eigenvalue weighted by molar-refractivity contribution is 7.89. The number of carbonyl (C=O) groups excluding carboxylic acids is 1. The molecule has 7 nitrogen and oxygen atoms in total. The smallest absolute Gasteiger partial charge is 0.248 e. The molecule has 1 N–H and O–H groups in total. The molecule has 0 spiro atoms. The molecule has 0 saturated carbocycles. The average molecular weight is 476 g/mol. The van der Waals surface area contributed by atoms with Crippen molar-refractivity contribution in [3.8, 4) is 0 Å². The van der Waals surface area contributed by atoms with Gasteiger partial charge in [0.25, 0.3) is 0 Å². The van der Waals surface area contributed by atoms with E-state index < -0.39 is 10.0 Å². The molecular formula is C25H37N3O4S. The fourth-order valence-corrected chi connectivity index (χ4v) is 6.26. The molecule has 1 aromatic carbocycles. The highest BCUT2D eigenvalue weighted by Gasteiger charge is 2.36. The zero-order valence-corrected chi connectivity index (χ0v) is 21.4. The Bertz CT molecular complexity index is 1030. The van der Waals surface area contributed by atoms with E-state index in [1.165, 1.54) is 9.87 Å². The van der Waals surface area contributed by atoms with Crippen molar-refractivity contribution in [3.63, 3.8) is 0 Å². The van der Waals surface area contributed by atoms with Crippen molar-refractivity contribution < 1.29 is 17.7 Å². The zero-order chi connectivity index (χ0) is 24.3. The van der Waals surface area contributed by atoms with Crippen LogP contribution in [0.25, 0.3) is 0 Å². The first kappa shape index (κ1) is 25.4. The number of piperidine rings is 1. The van der Waals surface area contributed by atoms with Gasteiger partial charge in [0.15, 0.2) is 5.76 Å². The third kappa shape index (κ3) is 5.49.